The van der Waals surface area contributed by atoms with E-state index in [9.17, 15) is 14.4 Å². The topological polar surface area (TPSA) is 66.5 Å². The van der Waals surface area contributed by atoms with Gasteiger partial charge in [-0.1, -0.05) is 48.6 Å². The molecule has 32 heavy (non-hydrogen) atoms. The summed E-state index contributed by atoms with van der Waals surface area (Å²) in [6.07, 6.45) is 6.18. The van der Waals surface area contributed by atoms with Crippen molar-refractivity contribution in [3.8, 4) is 0 Å². The molecule has 3 amide bonds. The highest BCUT2D eigenvalue weighted by Gasteiger charge is 2.56. The molecule has 3 aromatic carbocycles. The van der Waals surface area contributed by atoms with E-state index in [1.807, 2.05) is 42.5 Å². The molecule has 2 bridgehead atoms. The monoisotopic (exact) mass is 422 g/mol. The van der Waals surface area contributed by atoms with E-state index in [-0.39, 0.29) is 41.4 Å². The van der Waals surface area contributed by atoms with Crippen LogP contribution in [-0.4, -0.2) is 17.7 Å². The van der Waals surface area contributed by atoms with Crippen LogP contribution >= 0.6 is 0 Å². The largest absolute Gasteiger partial charge is 0.321 e. The second kappa shape index (κ2) is 7.16. The quantitative estimate of drug-likeness (QED) is 0.487. The highest BCUT2D eigenvalue weighted by Crippen LogP contribution is 2.50. The van der Waals surface area contributed by atoms with Crippen molar-refractivity contribution >= 4 is 39.9 Å². The number of rotatable bonds is 3. The number of nitrogens with one attached hydrogen (secondary N) is 1. The molecule has 4 atom stereocenters. The van der Waals surface area contributed by atoms with Gasteiger partial charge in [0, 0.05) is 16.6 Å². The minimum absolute atomic E-state index is 0.105. The number of nitrogens with zero attached hydrogens (tertiary/aromatic N) is 1. The normalized spacial score (nSPS) is 25.9. The first kappa shape index (κ1) is 19.0. The second-order valence-corrected chi connectivity index (χ2v) is 8.88. The number of amides is 3. The Hall–Kier alpha value is -3.73. The Morgan fingerprint density at radius 3 is 2.06 bits per heavy atom. The zero-order chi connectivity index (χ0) is 21.8. The molecule has 1 aliphatic heterocycles. The Kier molecular flexibility index (Phi) is 4.25. The zero-order valence-corrected chi connectivity index (χ0v) is 17.4. The van der Waals surface area contributed by atoms with Crippen molar-refractivity contribution in [3.63, 3.8) is 0 Å². The molecule has 0 aromatic heterocycles. The van der Waals surface area contributed by atoms with Gasteiger partial charge in [0.1, 0.15) is 0 Å². The van der Waals surface area contributed by atoms with Gasteiger partial charge in [-0.2, -0.15) is 0 Å². The first-order valence-corrected chi connectivity index (χ1v) is 11.1. The van der Waals surface area contributed by atoms with E-state index in [0.717, 1.165) is 29.3 Å². The molecule has 0 spiro atoms. The molecule has 4 unspecified atom stereocenters. The predicted octanol–water partition coefficient (Wildman–Crippen LogP) is 4.79. The summed E-state index contributed by atoms with van der Waals surface area (Å²) < 4.78 is 0. The van der Waals surface area contributed by atoms with E-state index < -0.39 is 0 Å². The SMILES string of the molecule is O=C(Nc1cccc2ccccc12)c1ccc(N2C(=O)C3C4C=CC(CC4)C3C2=O)cc1. The zero-order valence-electron chi connectivity index (χ0n) is 17.4. The van der Waals surface area contributed by atoms with Gasteiger partial charge in [0.05, 0.1) is 17.5 Å². The van der Waals surface area contributed by atoms with Crippen molar-refractivity contribution in [3.05, 3.63) is 84.4 Å². The third-order valence-electron chi connectivity index (χ3n) is 7.18. The number of fused-ring (bicyclic) bond motifs is 2. The molecule has 4 aliphatic rings. The predicted molar refractivity (Wildman–Crippen MR) is 123 cm³/mol. The van der Waals surface area contributed by atoms with Crippen LogP contribution in [0.2, 0.25) is 0 Å². The van der Waals surface area contributed by atoms with E-state index >= 15 is 0 Å². The summed E-state index contributed by atoms with van der Waals surface area (Å²) in [5.74, 6) is -0.586. The van der Waals surface area contributed by atoms with Crippen LogP contribution < -0.4 is 10.2 Å². The maximum Gasteiger partial charge on any atom is 0.255 e. The van der Waals surface area contributed by atoms with Gasteiger partial charge in [-0.25, -0.2) is 0 Å². The number of anilines is 2. The number of carbonyl (C=O) groups excluding carboxylic acids is 3. The highest BCUT2D eigenvalue weighted by atomic mass is 16.2. The van der Waals surface area contributed by atoms with Crippen LogP contribution in [0.25, 0.3) is 10.8 Å². The van der Waals surface area contributed by atoms with Crippen molar-refractivity contribution < 1.29 is 14.4 Å². The molecular formula is C27H22N2O3. The summed E-state index contributed by atoms with van der Waals surface area (Å²) in [6.45, 7) is 0. The van der Waals surface area contributed by atoms with Gasteiger partial charge in [0.25, 0.3) is 5.91 Å². The fourth-order valence-electron chi connectivity index (χ4n) is 5.62. The third-order valence-corrected chi connectivity index (χ3v) is 7.18. The van der Waals surface area contributed by atoms with Gasteiger partial charge in [0.2, 0.25) is 11.8 Å². The van der Waals surface area contributed by atoms with Gasteiger partial charge in [-0.15, -0.1) is 0 Å². The van der Waals surface area contributed by atoms with Gasteiger partial charge in [0.15, 0.2) is 0 Å². The smallest absolute Gasteiger partial charge is 0.255 e. The molecule has 3 aliphatic carbocycles. The minimum Gasteiger partial charge on any atom is -0.321 e. The molecule has 7 rings (SSSR count). The molecule has 0 radical (unpaired) electrons. The number of hydrogen-bond acceptors (Lipinski definition) is 3. The number of hydrogen-bond donors (Lipinski definition) is 1. The number of allylic oxidation sites excluding steroid dienone is 2. The number of imide groups is 1. The lowest BCUT2D eigenvalue weighted by molar-refractivity contribution is -0.124. The molecule has 5 nitrogen and oxygen atoms in total. The van der Waals surface area contributed by atoms with Crippen LogP contribution in [-0.2, 0) is 9.59 Å². The average Bonchev–Trinajstić information content (AvgIpc) is 3.12. The van der Waals surface area contributed by atoms with Crippen LogP contribution in [0.3, 0.4) is 0 Å². The Balaban J connectivity index is 1.24. The summed E-state index contributed by atoms with van der Waals surface area (Å²) in [4.78, 5) is 40.4. The Morgan fingerprint density at radius 2 is 1.41 bits per heavy atom. The van der Waals surface area contributed by atoms with Crippen molar-refractivity contribution in [2.75, 3.05) is 10.2 Å². The second-order valence-electron chi connectivity index (χ2n) is 8.88. The molecule has 1 saturated carbocycles. The summed E-state index contributed by atoms with van der Waals surface area (Å²) in [6, 6.07) is 20.4. The van der Waals surface area contributed by atoms with Crippen molar-refractivity contribution in [2.45, 2.75) is 12.8 Å². The molecular weight excluding hydrogens is 400 g/mol. The fraction of sp³-hybridized carbons (Fsp3) is 0.222. The minimum atomic E-state index is -0.236. The van der Waals surface area contributed by atoms with Gasteiger partial charge in [-0.05, 0) is 60.4 Å². The summed E-state index contributed by atoms with van der Waals surface area (Å²) >= 11 is 0. The van der Waals surface area contributed by atoms with E-state index in [0.29, 0.717) is 11.3 Å². The Bertz CT molecular complexity index is 1260. The molecule has 3 aromatic rings. The standard InChI is InChI=1S/C27H22N2O3/c30-25(28-22-7-3-5-16-4-1-2-6-21(16)22)19-12-14-20(15-13-19)29-26(31)23-17-8-9-18(11-10-17)24(23)27(29)32/h1-9,12-15,17-18,23-24H,10-11H2,(H,28,30). The summed E-state index contributed by atoms with van der Waals surface area (Å²) in [7, 11) is 0. The third kappa shape index (κ3) is 2.81. The molecule has 1 N–H and O–H groups in total. The van der Waals surface area contributed by atoms with Crippen LogP contribution in [0.1, 0.15) is 23.2 Å². The maximum atomic E-state index is 13.1. The van der Waals surface area contributed by atoms with Gasteiger partial charge >= 0.3 is 0 Å². The van der Waals surface area contributed by atoms with Crippen molar-refractivity contribution in [2.24, 2.45) is 23.7 Å². The Labute approximate surface area is 185 Å². The lowest BCUT2D eigenvalue weighted by Crippen LogP contribution is -2.38. The average molecular weight is 422 g/mol. The number of benzene rings is 3. The molecule has 158 valence electrons. The lowest BCUT2D eigenvalue weighted by Gasteiger charge is -2.38. The molecule has 1 heterocycles. The van der Waals surface area contributed by atoms with E-state index in [1.54, 1.807) is 24.3 Å². The van der Waals surface area contributed by atoms with Crippen molar-refractivity contribution in [1.29, 1.82) is 0 Å². The summed E-state index contributed by atoms with van der Waals surface area (Å²) in [5, 5.41) is 5.00. The van der Waals surface area contributed by atoms with Crippen LogP contribution in [0, 0.1) is 23.7 Å². The number of carbonyl (C=O) groups is 3. The van der Waals surface area contributed by atoms with Crippen LogP contribution in [0.5, 0.6) is 0 Å². The first-order chi connectivity index (χ1) is 15.6. The van der Waals surface area contributed by atoms with Crippen LogP contribution in [0.4, 0.5) is 11.4 Å². The van der Waals surface area contributed by atoms with E-state index in [4.69, 9.17) is 0 Å². The molecule has 1 saturated heterocycles. The van der Waals surface area contributed by atoms with Crippen molar-refractivity contribution in [1.82, 2.24) is 0 Å². The lowest BCUT2D eigenvalue weighted by atomic mass is 9.63. The highest BCUT2D eigenvalue weighted by molar-refractivity contribution is 6.22. The maximum absolute atomic E-state index is 13.1. The molecule has 5 heteroatoms. The van der Waals surface area contributed by atoms with E-state index in [1.165, 1.54) is 4.90 Å². The van der Waals surface area contributed by atoms with E-state index in [2.05, 4.69) is 17.5 Å². The Morgan fingerprint density at radius 1 is 0.781 bits per heavy atom. The van der Waals surface area contributed by atoms with Crippen LogP contribution in [0.15, 0.2) is 78.9 Å². The van der Waals surface area contributed by atoms with Gasteiger partial charge in [-0.3, -0.25) is 19.3 Å². The molecule has 2 fully saturated rings. The summed E-state index contributed by atoms with van der Waals surface area (Å²) in [5.41, 5.74) is 1.75. The van der Waals surface area contributed by atoms with Gasteiger partial charge < -0.3 is 5.32 Å². The fourth-order valence-corrected chi connectivity index (χ4v) is 5.62. The first-order valence-electron chi connectivity index (χ1n) is 11.1.